The number of carbonyl (C=O) groups is 1. The molecular weight excluding hydrogens is 266 g/mol. The minimum atomic E-state index is -0.753. The van der Waals surface area contributed by atoms with Crippen molar-refractivity contribution in [2.75, 3.05) is 20.3 Å². The monoisotopic (exact) mass is 273 g/mol. The van der Waals surface area contributed by atoms with Crippen LogP contribution in [-0.2, 0) is 4.74 Å². The summed E-state index contributed by atoms with van der Waals surface area (Å²) in [5.74, 6) is -0.683. The highest BCUT2D eigenvalue weighted by Crippen LogP contribution is 2.45. The quantitative estimate of drug-likeness (QED) is 0.464. The van der Waals surface area contributed by atoms with Crippen molar-refractivity contribution in [2.24, 2.45) is 0 Å². The molecule has 0 aliphatic carbocycles. The molecule has 18 heavy (non-hydrogen) atoms. The third-order valence-electron chi connectivity index (χ3n) is 2.33. The summed E-state index contributed by atoms with van der Waals surface area (Å²) in [6, 6.07) is 1.02. The zero-order valence-corrected chi connectivity index (χ0v) is 10.0. The number of rotatable bonds is 2. The highest BCUT2D eigenvalue weighted by molar-refractivity contribution is 6.34. The largest absolute Gasteiger partial charge is 0.485 e. The van der Waals surface area contributed by atoms with Crippen LogP contribution in [0.3, 0.4) is 0 Å². The molecule has 0 atom stereocenters. The van der Waals surface area contributed by atoms with Crippen molar-refractivity contribution >= 4 is 23.3 Å². The second kappa shape index (κ2) is 4.69. The van der Waals surface area contributed by atoms with E-state index in [1.807, 2.05) is 0 Å². The minimum absolute atomic E-state index is 0.00230. The third-order valence-corrected chi connectivity index (χ3v) is 2.70. The number of carbonyl (C=O) groups excluding carboxylic acids is 1. The maximum atomic E-state index is 11.5. The Hall–Kier alpha value is -2.02. The summed E-state index contributed by atoms with van der Waals surface area (Å²) in [4.78, 5) is 21.7. The summed E-state index contributed by atoms with van der Waals surface area (Å²) in [5.41, 5.74) is -0.510. The summed E-state index contributed by atoms with van der Waals surface area (Å²) in [6.45, 7) is 0.430. The first-order valence-corrected chi connectivity index (χ1v) is 5.29. The van der Waals surface area contributed by atoms with Crippen molar-refractivity contribution in [1.29, 1.82) is 0 Å². The van der Waals surface area contributed by atoms with Gasteiger partial charge in [-0.15, -0.1) is 0 Å². The summed E-state index contributed by atoms with van der Waals surface area (Å²) < 4.78 is 15.0. The first kappa shape index (κ1) is 12.4. The lowest BCUT2D eigenvalue weighted by Crippen LogP contribution is -2.19. The van der Waals surface area contributed by atoms with Gasteiger partial charge in [0.15, 0.2) is 16.5 Å². The summed E-state index contributed by atoms with van der Waals surface area (Å²) in [6.07, 6.45) is 0. The van der Waals surface area contributed by atoms with E-state index in [9.17, 15) is 14.9 Å². The Kier molecular flexibility index (Phi) is 3.24. The molecule has 7 nitrogen and oxygen atoms in total. The molecule has 0 radical (unpaired) electrons. The van der Waals surface area contributed by atoms with Crippen molar-refractivity contribution in [1.82, 2.24) is 0 Å². The molecular formula is C10H8ClNO6. The first-order chi connectivity index (χ1) is 8.56. The normalized spacial score (nSPS) is 13.0. The summed E-state index contributed by atoms with van der Waals surface area (Å²) in [5, 5.41) is 10.7. The zero-order valence-electron chi connectivity index (χ0n) is 9.27. The van der Waals surface area contributed by atoms with Gasteiger partial charge in [0.2, 0.25) is 0 Å². The molecule has 0 spiro atoms. The molecule has 2 rings (SSSR count). The molecule has 1 aromatic rings. The number of nitro benzene ring substituents is 1. The Morgan fingerprint density at radius 2 is 2.06 bits per heavy atom. The molecule has 1 aliphatic rings. The number of esters is 1. The van der Waals surface area contributed by atoms with Crippen molar-refractivity contribution in [2.45, 2.75) is 0 Å². The number of benzene rings is 1. The highest BCUT2D eigenvalue weighted by Gasteiger charge is 2.31. The SMILES string of the molecule is COC(=O)c1cc([N+](=O)[O-])c(Cl)c2c1OCCO2. The van der Waals surface area contributed by atoms with Crippen molar-refractivity contribution in [3.8, 4) is 11.5 Å². The highest BCUT2D eigenvalue weighted by atomic mass is 35.5. The molecule has 0 aromatic heterocycles. The Morgan fingerprint density at radius 3 is 2.61 bits per heavy atom. The Balaban J connectivity index is 2.69. The molecule has 1 aliphatic heterocycles. The average molecular weight is 274 g/mol. The van der Waals surface area contributed by atoms with Crippen molar-refractivity contribution < 1.29 is 23.9 Å². The standard InChI is InChI=1S/C10H8ClNO6/c1-16-10(13)5-4-6(12(14)15)7(11)9-8(5)17-2-3-18-9/h4H,2-3H2,1H3. The van der Waals surface area contributed by atoms with E-state index in [-0.39, 0.29) is 35.3 Å². The number of nitrogens with zero attached hydrogens (tertiary/aromatic N) is 1. The van der Waals surface area contributed by atoms with Crippen LogP contribution >= 0.6 is 11.6 Å². The Labute approximate surface area is 106 Å². The summed E-state index contributed by atoms with van der Waals surface area (Å²) in [7, 11) is 1.17. The molecule has 1 aromatic carbocycles. The fraction of sp³-hybridized carbons (Fsp3) is 0.300. The fourth-order valence-electron chi connectivity index (χ4n) is 1.56. The maximum Gasteiger partial charge on any atom is 0.342 e. The van der Waals surface area contributed by atoms with Gasteiger partial charge in [-0.05, 0) is 0 Å². The second-order valence-corrected chi connectivity index (χ2v) is 3.74. The van der Waals surface area contributed by atoms with Gasteiger partial charge in [0.05, 0.1) is 12.0 Å². The van der Waals surface area contributed by atoms with Crippen LogP contribution in [-0.4, -0.2) is 31.2 Å². The van der Waals surface area contributed by atoms with Gasteiger partial charge in [0, 0.05) is 6.07 Å². The molecule has 0 amide bonds. The van der Waals surface area contributed by atoms with Gasteiger partial charge in [-0.25, -0.2) is 4.79 Å². The lowest BCUT2D eigenvalue weighted by Gasteiger charge is -2.21. The third kappa shape index (κ3) is 1.92. The van der Waals surface area contributed by atoms with Gasteiger partial charge in [-0.2, -0.15) is 0 Å². The van der Waals surface area contributed by atoms with Gasteiger partial charge in [-0.3, -0.25) is 10.1 Å². The average Bonchev–Trinajstić information content (AvgIpc) is 2.38. The van der Waals surface area contributed by atoms with Crippen LogP contribution in [0.4, 0.5) is 5.69 Å². The fourth-order valence-corrected chi connectivity index (χ4v) is 1.82. The van der Waals surface area contributed by atoms with Gasteiger partial charge < -0.3 is 14.2 Å². The van der Waals surface area contributed by atoms with Crippen LogP contribution in [0.2, 0.25) is 5.02 Å². The number of hydrogen-bond donors (Lipinski definition) is 0. The van der Waals surface area contributed by atoms with E-state index in [4.69, 9.17) is 21.1 Å². The molecule has 0 N–H and O–H groups in total. The number of hydrogen-bond acceptors (Lipinski definition) is 6. The van der Waals surface area contributed by atoms with Gasteiger partial charge in [0.1, 0.15) is 18.8 Å². The summed E-state index contributed by atoms with van der Waals surface area (Å²) >= 11 is 5.84. The van der Waals surface area contributed by atoms with Crippen LogP contribution in [0.25, 0.3) is 0 Å². The van der Waals surface area contributed by atoms with Crippen LogP contribution < -0.4 is 9.47 Å². The van der Waals surface area contributed by atoms with E-state index in [2.05, 4.69) is 4.74 Å². The van der Waals surface area contributed by atoms with Crippen molar-refractivity contribution in [3.05, 3.63) is 26.8 Å². The number of fused-ring (bicyclic) bond motifs is 1. The van der Waals surface area contributed by atoms with Gasteiger partial charge in [-0.1, -0.05) is 11.6 Å². The first-order valence-electron chi connectivity index (χ1n) is 4.91. The number of halogens is 1. The van der Waals surface area contributed by atoms with Crippen LogP contribution in [0.15, 0.2) is 6.07 Å². The molecule has 0 unspecified atom stereocenters. The minimum Gasteiger partial charge on any atom is -0.485 e. The van der Waals surface area contributed by atoms with Crippen LogP contribution in [0, 0.1) is 10.1 Å². The smallest absolute Gasteiger partial charge is 0.342 e. The Bertz CT molecular complexity index is 530. The van der Waals surface area contributed by atoms with Gasteiger partial charge >= 0.3 is 5.97 Å². The topological polar surface area (TPSA) is 87.9 Å². The van der Waals surface area contributed by atoms with E-state index < -0.39 is 16.6 Å². The van der Waals surface area contributed by atoms with Crippen molar-refractivity contribution in [3.63, 3.8) is 0 Å². The molecule has 0 bridgehead atoms. The Morgan fingerprint density at radius 1 is 1.44 bits per heavy atom. The molecule has 0 saturated carbocycles. The molecule has 8 heteroatoms. The lowest BCUT2D eigenvalue weighted by atomic mass is 10.1. The second-order valence-electron chi connectivity index (χ2n) is 3.36. The van der Waals surface area contributed by atoms with Gasteiger partial charge in [0.25, 0.3) is 5.69 Å². The predicted molar refractivity (Wildman–Crippen MR) is 60.4 cm³/mol. The zero-order chi connectivity index (χ0) is 13.3. The number of ether oxygens (including phenoxy) is 3. The van der Waals surface area contributed by atoms with E-state index in [1.165, 1.54) is 7.11 Å². The van der Waals surface area contributed by atoms with E-state index in [0.29, 0.717) is 0 Å². The molecule has 0 saturated heterocycles. The molecule has 0 fully saturated rings. The van der Waals surface area contributed by atoms with E-state index in [1.54, 1.807) is 0 Å². The molecule has 1 heterocycles. The van der Waals surface area contributed by atoms with Crippen LogP contribution in [0.5, 0.6) is 11.5 Å². The lowest BCUT2D eigenvalue weighted by molar-refractivity contribution is -0.384. The predicted octanol–water partition coefficient (Wildman–Crippen LogP) is 1.81. The van der Waals surface area contributed by atoms with Crippen LogP contribution in [0.1, 0.15) is 10.4 Å². The van der Waals surface area contributed by atoms with E-state index >= 15 is 0 Å². The molecule has 96 valence electrons. The number of methoxy groups -OCH3 is 1. The van der Waals surface area contributed by atoms with E-state index in [0.717, 1.165) is 6.07 Å². The number of nitro groups is 1. The maximum absolute atomic E-state index is 11.5.